The van der Waals surface area contributed by atoms with Gasteiger partial charge in [-0.25, -0.2) is 0 Å². The van der Waals surface area contributed by atoms with Crippen molar-refractivity contribution in [3.8, 4) is 0 Å². The van der Waals surface area contributed by atoms with Gasteiger partial charge in [-0.3, -0.25) is 14.4 Å². The van der Waals surface area contributed by atoms with Crippen molar-refractivity contribution in [2.75, 3.05) is 26.2 Å². The van der Waals surface area contributed by atoms with Gasteiger partial charge in [0.25, 0.3) is 0 Å². The van der Waals surface area contributed by atoms with Crippen molar-refractivity contribution in [1.29, 1.82) is 0 Å². The number of fused-ring (bicyclic) bond motifs is 1. The molecule has 0 aromatic heterocycles. The average Bonchev–Trinajstić information content (AvgIpc) is 3.62. The maximum atomic E-state index is 14.6. The number of nitrogens with zero attached hydrogens (tertiary/aromatic N) is 3. The van der Waals surface area contributed by atoms with E-state index in [4.69, 9.17) is 0 Å². The second kappa shape index (κ2) is 14.3. The molecule has 7 nitrogen and oxygen atoms in total. The van der Waals surface area contributed by atoms with Crippen LogP contribution in [0.3, 0.4) is 0 Å². The number of carbonyl (C=O) groups excluding carboxylic acids is 3. The van der Waals surface area contributed by atoms with Crippen LogP contribution in [0.2, 0.25) is 0 Å². The minimum Gasteiger partial charge on any atom is -0.394 e. The third-order valence-corrected chi connectivity index (χ3v) is 11.1. The van der Waals surface area contributed by atoms with Crippen molar-refractivity contribution < 1.29 is 19.5 Å². The summed E-state index contributed by atoms with van der Waals surface area (Å²) < 4.78 is -0.680. The Bertz CT molecular complexity index is 1130. The summed E-state index contributed by atoms with van der Waals surface area (Å²) in [6.45, 7) is 15.7. The predicted molar refractivity (Wildman–Crippen MR) is 170 cm³/mol. The van der Waals surface area contributed by atoms with Crippen molar-refractivity contribution in [1.82, 2.24) is 14.7 Å². The van der Waals surface area contributed by atoms with Crippen LogP contribution in [-0.2, 0) is 20.9 Å². The Labute approximate surface area is 256 Å². The summed E-state index contributed by atoms with van der Waals surface area (Å²) >= 11 is 1.69. The number of carbonyl (C=O) groups is 3. The molecule has 3 aliphatic heterocycles. The second-order valence-corrected chi connectivity index (χ2v) is 14.1. The molecule has 230 valence electrons. The summed E-state index contributed by atoms with van der Waals surface area (Å²) in [5.41, 5.74) is 1.02. The lowest BCUT2D eigenvalue weighted by molar-refractivity contribution is -0.147. The molecular formula is C34H49N3O4S. The second-order valence-electron chi connectivity index (χ2n) is 12.5. The highest BCUT2D eigenvalue weighted by Crippen LogP contribution is 2.67. The van der Waals surface area contributed by atoms with E-state index in [2.05, 4.69) is 33.9 Å². The van der Waals surface area contributed by atoms with Gasteiger partial charge < -0.3 is 19.8 Å². The monoisotopic (exact) mass is 595 g/mol. The van der Waals surface area contributed by atoms with Crippen molar-refractivity contribution in [2.45, 2.75) is 87.9 Å². The molecule has 6 atom stereocenters. The Morgan fingerprint density at radius 1 is 1.12 bits per heavy atom. The lowest BCUT2D eigenvalue weighted by atomic mass is 9.70. The van der Waals surface area contributed by atoms with Crippen LogP contribution in [0.15, 0.2) is 55.6 Å². The van der Waals surface area contributed by atoms with Gasteiger partial charge in [-0.05, 0) is 37.2 Å². The van der Waals surface area contributed by atoms with Gasteiger partial charge in [0, 0.05) is 31.4 Å². The summed E-state index contributed by atoms with van der Waals surface area (Å²) in [4.78, 5) is 48.9. The number of aliphatic hydroxyl groups excluding tert-OH is 1. The number of benzene rings is 1. The maximum absolute atomic E-state index is 14.6. The third-order valence-electron chi connectivity index (χ3n) is 9.17. The molecule has 1 N–H and O–H groups in total. The fraction of sp³-hybridized carbons (Fsp3) is 0.618. The van der Waals surface area contributed by atoms with E-state index in [9.17, 15) is 19.5 Å². The zero-order valence-electron chi connectivity index (χ0n) is 25.6. The summed E-state index contributed by atoms with van der Waals surface area (Å²) in [5, 5.41) is 10.6. The van der Waals surface area contributed by atoms with Crippen molar-refractivity contribution in [2.24, 2.45) is 17.8 Å². The van der Waals surface area contributed by atoms with Gasteiger partial charge in [0.1, 0.15) is 6.04 Å². The first kappa shape index (κ1) is 32.3. The Morgan fingerprint density at radius 3 is 2.43 bits per heavy atom. The van der Waals surface area contributed by atoms with E-state index >= 15 is 0 Å². The van der Waals surface area contributed by atoms with Crippen LogP contribution >= 0.6 is 11.8 Å². The number of likely N-dealkylation sites (tertiary alicyclic amines) is 1. The smallest absolute Gasteiger partial charge is 0.247 e. The van der Waals surface area contributed by atoms with Crippen molar-refractivity contribution in [3.63, 3.8) is 0 Å². The molecule has 3 fully saturated rings. The normalized spacial score (nSPS) is 26.8. The Kier molecular flexibility index (Phi) is 11.0. The molecule has 3 aliphatic rings. The molecule has 2 bridgehead atoms. The number of hydrogen-bond acceptors (Lipinski definition) is 5. The summed E-state index contributed by atoms with van der Waals surface area (Å²) in [6.07, 6.45) is 8.53. The lowest BCUT2D eigenvalue weighted by Crippen LogP contribution is -2.57. The van der Waals surface area contributed by atoms with Gasteiger partial charge in [0.2, 0.25) is 17.7 Å². The van der Waals surface area contributed by atoms with Gasteiger partial charge in [-0.1, -0.05) is 76.1 Å². The lowest BCUT2D eigenvalue weighted by Gasteiger charge is -2.40. The number of thioether (sulfide) groups is 1. The first-order valence-corrected chi connectivity index (χ1v) is 16.6. The van der Waals surface area contributed by atoms with E-state index < -0.39 is 28.7 Å². The minimum atomic E-state index is -0.706. The largest absolute Gasteiger partial charge is 0.394 e. The van der Waals surface area contributed by atoms with Crippen molar-refractivity contribution in [3.05, 3.63) is 61.2 Å². The number of aliphatic hydroxyl groups is 1. The van der Waals surface area contributed by atoms with Gasteiger partial charge in [0.15, 0.2) is 0 Å². The molecule has 0 aliphatic carbocycles. The molecule has 3 saturated heterocycles. The molecule has 4 rings (SSSR count). The molecule has 8 heteroatoms. The molecular weight excluding hydrogens is 546 g/mol. The molecule has 0 radical (unpaired) electrons. The maximum Gasteiger partial charge on any atom is 0.247 e. The third kappa shape index (κ3) is 6.21. The number of hydrogen-bond donors (Lipinski definition) is 1. The molecule has 0 saturated carbocycles. The van der Waals surface area contributed by atoms with E-state index in [0.29, 0.717) is 39.0 Å². The fourth-order valence-corrected chi connectivity index (χ4v) is 9.63. The van der Waals surface area contributed by atoms with E-state index in [1.165, 1.54) is 0 Å². The number of unbranched alkanes of at least 4 members (excludes halogenated alkanes) is 2. The summed E-state index contributed by atoms with van der Waals surface area (Å²) in [7, 11) is 0. The zero-order valence-corrected chi connectivity index (χ0v) is 26.4. The molecule has 42 heavy (non-hydrogen) atoms. The SMILES string of the molecule is C=CCN(CCCCC)C(=O)C1N([C@@H](CO)CC(C)C)C(=O)[C@@H]2[C@H](C(=O)N(CC=C)Cc3ccccc3)[C@@H]3CCC12S3. The van der Waals surface area contributed by atoms with Crippen LogP contribution in [0.1, 0.15) is 64.9 Å². The quantitative estimate of drug-likeness (QED) is 0.217. The molecule has 1 aromatic rings. The Morgan fingerprint density at radius 2 is 1.81 bits per heavy atom. The van der Waals surface area contributed by atoms with Crippen LogP contribution in [0.5, 0.6) is 0 Å². The molecule has 1 spiro atoms. The van der Waals surface area contributed by atoms with Crippen molar-refractivity contribution >= 4 is 29.5 Å². The van der Waals surface area contributed by atoms with Crippen LogP contribution in [-0.4, -0.2) is 85.8 Å². The van der Waals surface area contributed by atoms with Gasteiger partial charge in [-0.15, -0.1) is 24.9 Å². The Hall–Kier alpha value is -2.58. The Balaban J connectivity index is 1.73. The van der Waals surface area contributed by atoms with Gasteiger partial charge in [-0.2, -0.15) is 0 Å². The van der Waals surface area contributed by atoms with Crippen LogP contribution in [0, 0.1) is 17.8 Å². The highest BCUT2D eigenvalue weighted by Gasteiger charge is 2.74. The van der Waals surface area contributed by atoms with Crippen LogP contribution < -0.4 is 0 Å². The van der Waals surface area contributed by atoms with Crippen LogP contribution in [0.4, 0.5) is 0 Å². The highest BCUT2D eigenvalue weighted by atomic mass is 32.2. The number of rotatable bonds is 16. The van der Waals surface area contributed by atoms with Crippen LogP contribution in [0.25, 0.3) is 0 Å². The fourth-order valence-electron chi connectivity index (χ4n) is 7.44. The average molecular weight is 596 g/mol. The molecule has 3 heterocycles. The van der Waals surface area contributed by atoms with Gasteiger partial charge >= 0.3 is 0 Å². The standard InChI is InChI=1S/C34H49N3O4S/c1-6-9-13-20-35(18-7-2)33(41)30-34-17-16-27(42-34)28(29(34)32(40)37(30)26(23-38)21-24(4)5)31(39)36(19-8-3)22-25-14-11-10-12-15-25/h7-8,10-12,14-15,24,26-30,38H,2-3,6,9,13,16-23H2,1,4-5H3/t26-,27+,28-,29+,30?,34?/m1/s1. The highest BCUT2D eigenvalue weighted by molar-refractivity contribution is 8.02. The van der Waals surface area contributed by atoms with E-state index in [1.54, 1.807) is 33.7 Å². The first-order valence-electron chi connectivity index (χ1n) is 15.7. The zero-order chi connectivity index (χ0) is 30.4. The topological polar surface area (TPSA) is 81.2 Å². The molecule has 3 amide bonds. The number of amides is 3. The van der Waals surface area contributed by atoms with Gasteiger partial charge in [0.05, 0.1) is 29.2 Å². The van der Waals surface area contributed by atoms with E-state index in [1.807, 2.05) is 35.2 Å². The van der Waals surface area contributed by atoms with E-state index in [-0.39, 0.29) is 35.5 Å². The predicted octanol–water partition coefficient (Wildman–Crippen LogP) is 4.90. The summed E-state index contributed by atoms with van der Waals surface area (Å²) in [6, 6.07) is 8.70. The summed E-state index contributed by atoms with van der Waals surface area (Å²) in [5.74, 6) is -1.13. The molecule has 1 aromatic carbocycles. The molecule has 2 unspecified atom stereocenters. The first-order chi connectivity index (χ1) is 20.2. The van der Waals surface area contributed by atoms with E-state index in [0.717, 1.165) is 31.2 Å². The minimum absolute atomic E-state index is 0.0161.